The van der Waals surface area contributed by atoms with E-state index in [9.17, 15) is 18.0 Å². The Morgan fingerprint density at radius 2 is 1.88 bits per heavy atom. The molecule has 7 nitrogen and oxygen atoms in total. The maximum atomic E-state index is 13.8. The third-order valence-electron chi connectivity index (χ3n) is 6.65. The molecular weight excluding hydrogens is 437 g/mol. The van der Waals surface area contributed by atoms with Crippen LogP contribution < -0.4 is 9.64 Å². The monoisotopic (exact) mass is 462 g/mol. The number of hydrogen-bond donors (Lipinski definition) is 0. The molecule has 0 radical (unpaired) electrons. The van der Waals surface area contributed by atoms with Gasteiger partial charge in [0.1, 0.15) is 17.9 Å². The van der Waals surface area contributed by atoms with Crippen molar-refractivity contribution in [2.24, 2.45) is 0 Å². The lowest BCUT2D eigenvalue weighted by Gasteiger charge is -2.37. The topological polar surface area (TPSA) is 67.8 Å². The minimum absolute atomic E-state index is 0.128. The zero-order valence-electron chi connectivity index (χ0n) is 18.4. The van der Waals surface area contributed by atoms with Crippen LogP contribution in [0.2, 0.25) is 0 Å². The largest absolute Gasteiger partial charge is 0.457 e. The van der Waals surface area contributed by atoms with E-state index < -0.39 is 35.9 Å². The Bertz CT molecular complexity index is 1050. The first-order chi connectivity index (χ1) is 15.8. The molecule has 3 aliphatic heterocycles. The zero-order valence-corrected chi connectivity index (χ0v) is 18.4. The molecule has 4 heterocycles. The highest BCUT2D eigenvalue weighted by molar-refractivity contribution is 5.88. The predicted molar refractivity (Wildman–Crippen MR) is 112 cm³/mol. The van der Waals surface area contributed by atoms with Crippen molar-refractivity contribution >= 4 is 11.9 Å². The molecule has 3 fully saturated rings. The molecule has 3 saturated heterocycles. The van der Waals surface area contributed by atoms with Crippen molar-refractivity contribution in [3.63, 3.8) is 0 Å². The molecule has 0 saturated carbocycles. The van der Waals surface area contributed by atoms with Gasteiger partial charge in [0.2, 0.25) is 12.3 Å². The van der Waals surface area contributed by atoms with Crippen LogP contribution in [0, 0.1) is 18.6 Å². The molecule has 176 valence electrons. The number of alkyl halides is 1. The number of amides is 1. The van der Waals surface area contributed by atoms with Gasteiger partial charge in [-0.3, -0.25) is 4.79 Å². The lowest BCUT2D eigenvalue weighted by atomic mass is 9.89. The maximum Gasteiger partial charge on any atom is 0.257 e. The summed E-state index contributed by atoms with van der Waals surface area (Å²) in [6.45, 7) is 4.02. The van der Waals surface area contributed by atoms with Crippen molar-refractivity contribution < 1.29 is 27.4 Å². The molecule has 5 rings (SSSR count). The second-order valence-electron chi connectivity index (χ2n) is 8.84. The van der Waals surface area contributed by atoms with E-state index >= 15 is 0 Å². The van der Waals surface area contributed by atoms with E-state index in [0.717, 1.165) is 6.07 Å². The van der Waals surface area contributed by atoms with Crippen molar-refractivity contribution in [2.75, 3.05) is 18.0 Å². The van der Waals surface area contributed by atoms with Crippen LogP contribution in [0.15, 0.2) is 24.4 Å². The van der Waals surface area contributed by atoms with Gasteiger partial charge in [-0.15, -0.1) is 0 Å². The van der Waals surface area contributed by atoms with Gasteiger partial charge in [0.15, 0.2) is 11.4 Å². The van der Waals surface area contributed by atoms with E-state index in [4.69, 9.17) is 9.47 Å². The number of hydrogen-bond acceptors (Lipinski definition) is 6. The molecule has 0 N–H and O–H groups in total. The lowest BCUT2D eigenvalue weighted by Crippen LogP contribution is -2.50. The first-order valence-electron chi connectivity index (χ1n) is 11.1. The van der Waals surface area contributed by atoms with Gasteiger partial charge in [-0.1, -0.05) is 0 Å². The van der Waals surface area contributed by atoms with Crippen LogP contribution >= 0.6 is 0 Å². The Labute approximate surface area is 189 Å². The Balaban J connectivity index is 1.30. The number of carbonyl (C=O) groups is 1. The van der Waals surface area contributed by atoms with Gasteiger partial charge in [0.25, 0.3) is 5.91 Å². The van der Waals surface area contributed by atoms with Crippen LogP contribution in [-0.4, -0.2) is 52.1 Å². The summed E-state index contributed by atoms with van der Waals surface area (Å²) < 4.78 is 52.0. The van der Waals surface area contributed by atoms with E-state index in [2.05, 4.69) is 9.97 Å². The summed E-state index contributed by atoms with van der Waals surface area (Å²) in [6, 6.07) is 3.00. The average Bonchev–Trinajstić information content (AvgIpc) is 3.27. The van der Waals surface area contributed by atoms with Crippen LogP contribution in [0.1, 0.15) is 49.9 Å². The fourth-order valence-corrected chi connectivity index (χ4v) is 5.09. The molecule has 1 spiro atoms. The van der Waals surface area contributed by atoms with Gasteiger partial charge in [0.05, 0.1) is 17.9 Å². The van der Waals surface area contributed by atoms with Gasteiger partial charge < -0.3 is 19.3 Å². The number of fused-ring (bicyclic) bond motifs is 1. The summed E-state index contributed by atoms with van der Waals surface area (Å²) >= 11 is 0. The molecule has 0 bridgehead atoms. The summed E-state index contributed by atoms with van der Waals surface area (Å²) in [4.78, 5) is 25.8. The third kappa shape index (κ3) is 3.90. The quantitative estimate of drug-likeness (QED) is 0.688. The summed E-state index contributed by atoms with van der Waals surface area (Å²) in [5.41, 5.74) is 0.0343. The fraction of sp³-hybridized carbons (Fsp3) is 0.522. The number of carbonyl (C=O) groups excluding carboxylic acids is 1. The normalized spacial score (nSPS) is 24.9. The molecule has 3 aliphatic rings. The highest BCUT2D eigenvalue weighted by atomic mass is 19.1. The molecule has 1 aromatic carbocycles. The molecule has 10 heteroatoms. The van der Waals surface area contributed by atoms with E-state index in [0.29, 0.717) is 56.0 Å². The van der Waals surface area contributed by atoms with Gasteiger partial charge in [0, 0.05) is 38.9 Å². The highest BCUT2D eigenvalue weighted by Crippen LogP contribution is 2.48. The highest BCUT2D eigenvalue weighted by Gasteiger charge is 2.58. The number of piperidine rings is 1. The molecule has 3 atom stereocenters. The van der Waals surface area contributed by atoms with E-state index in [1.807, 2.05) is 4.90 Å². The average molecular weight is 462 g/mol. The van der Waals surface area contributed by atoms with Crippen LogP contribution in [0.4, 0.5) is 19.1 Å². The first kappa shape index (κ1) is 21.9. The Morgan fingerprint density at radius 1 is 1.18 bits per heavy atom. The van der Waals surface area contributed by atoms with Crippen LogP contribution in [0.5, 0.6) is 5.75 Å². The number of aryl methyl sites for hydroxylation is 1. The number of aromatic nitrogens is 2. The van der Waals surface area contributed by atoms with Crippen LogP contribution in [-0.2, 0) is 9.53 Å². The zero-order chi connectivity index (χ0) is 23.3. The number of halogens is 3. The second-order valence-corrected chi connectivity index (χ2v) is 8.84. The van der Waals surface area contributed by atoms with Crippen LogP contribution in [0.25, 0.3) is 0 Å². The maximum absolute atomic E-state index is 13.8. The summed E-state index contributed by atoms with van der Waals surface area (Å²) in [5, 5.41) is 0. The number of rotatable bonds is 4. The standard InChI is InChI=1S/C23H25F3N4O3/c1-13-19(32-14(2)24)12-27-22(28-13)29-7-5-23(6-8-29)21(31)30-18(3-4-20(30)33-23)15-9-16(25)11-17(26)10-15/h9-12,14,18,20H,3-8H2,1-2H3/t14?,18-,20+/m0/s1. The van der Waals surface area contributed by atoms with Gasteiger partial charge >= 0.3 is 0 Å². The number of anilines is 1. The number of nitrogens with zero attached hydrogens (tertiary/aromatic N) is 4. The summed E-state index contributed by atoms with van der Waals surface area (Å²) in [5.74, 6) is -0.664. The number of benzene rings is 1. The molecule has 33 heavy (non-hydrogen) atoms. The van der Waals surface area contributed by atoms with Gasteiger partial charge in [-0.25, -0.2) is 23.1 Å². The minimum Gasteiger partial charge on any atom is -0.457 e. The molecule has 0 aliphatic carbocycles. The molecule has 1 aromatic heterocycles. The van der Waals surface area contributed by atoms with E-state index in [1.165, 1.54) is 25.3 Å². The van der Waals surface area contributed by atoms with Gasteiger partial charge in [-0.2, -0.15) is 0 Å². The smallest absolute Gasteiger partial charge is 0.257 e. The van der Waals surface area contributed by atoms with E-state index in [-0.39, 0.29) is 11.7 Å². The second kappa shape index (κ2) is 8.16. The van der Waals surface area contributed by atoms with Gasteiger partial charge in [-0.05, 0) is 37.5 Å². The first-order valence-corrected chi connectivity index (χ1v) is 11.1. The lowest BCUT2D eigenvalue weighted by molar-refractivity contribution is -0.140. The Hall–Kier alpha value is -2.88. The molecule has 1 unspecified atom stereocenters. The van der Waals surface area contributed by atoms with Crippen molar-refractivity contribution in [2.45, 2.75) is 63.8 Å². The Kier molecular flexibility index (Phi) is 5.43. The third-order valence-corrected chi connectivity index (χ3v) is 6.65. The fourth-order valence-electron chi connectivity index (χ4n) is 5.09. The SMILES string of the molecule is Cc1nc(N2CCC3(CC2)O[C@@H]2CC[C@@H](c4cc(F)cc(F)c4)N2C3=O)ncc1OC(C)F. The summed E-state index contributed by atoms with van der Waals surface area (Å²) in [6.07, 6.45) is 1.72. The van der Waals surface area contributed by atoms with Crippen molar-refractivity contribution in [3.05, 3.63) is 47.3 Å². The van der Waals surface area contributed by atoms with Crippen molar-refractivity contribution in [1.82, 2.24) is 14.9 Å². The molecular formula is C23H25F3N4O3. The molecule has 1 amide bonds. The van der Waals surface area contributed by atoms with E-state index in [1.54, 1.807) is 11.8 Å². The predicted octanol–water partition coefficient (Wildman–Crippen LogP) is 3.82. The van der Waals surface area contributed by atoms with Crippen LogP contribution in [0.3, 0.4) is 0 Å². The Morgan fingerprint density at radius 3 is 2.52 bits per heavy atom. The number of ether oxygens (including phenoxy) is 2. The minimum atomic E-state index is -1.46. The van der Waals surface area contributed by atoms with Crippen molar-refractivity contribution in [3.8, 4) is 5.75 Å². The molecule has 2 aromatic rings. The van der Waals surface area contributed by atoms with Crippen molar-refractivity contribution in [1.29, 1.82) is 0 Å². The summed E-state index contributed by atoms with van der Waals surface area (Å²) in [7, 11) is 0.